The Kier molecular flexibility index (Phi) is 9.04. The number of aliphatic imine (C=N–C) groups is 1. The molecular weight excluding hydrogens is 403 g/mol. The van der Waals surface area contributed by atoms with Crippen molar-refractivity contribution in [1.29, 1.82) is 0 Å². The molecule has 0 aliphatic heterocycles. The van der Waals surface area contributed by atoms with Crippen LogP contribution in [0.1, 0.15) is 11.3 Å². The summed E-state index contributed by atoms with van der Waals surface area (Å²) in [4.78, 5) is 8.57. The van der Waals surface area contributed by atoms with Crippen LogP contribution < -0.4 is 15.4 Å². The van der Waals surface area contributed by atoms with E-state index in [1.165, 1.54) is 5.56 Å². The van der Waals surface area contributed by atoms with Crippen molar-refractivity contribution >= 4 is 29.9 Å². The predicted octanol–water partition coefficient (Wildman–Crippen LogP) is 2.62. The summed E-state index contributed by atoms with van der Waals surface area (Å²) in [6.07, 6.45) is 0.957. The Labute approximate surface area is 154 Å². The van der Waals surface area contributed by atoms with Gasteiger partial charge in [-0.15, -0.1) is 24.0 Å². The van der Waals surface area contributed by atoms with Gasteiger partial charge in [-0.1, -0.05) is 36.4 Å². The monoisotopic (exact) mass is 426 g/mol. The largest absolute Gasteiger partial charge is 0.481 e. The van der Waals surface area contributed by atoms with Gasteiger partial charge >= 0.3 is 0 Å². The molecule has 0 saturated heterocycles. The van der Waals surface area contributed by atoms with Crippen LogP contribution in [0.2, 0.25) is 0 Å². The molecule has 0 aliphatic carbocycles. The van der Waals surface area contributed by atoms with E-state index in [2.05, 4.69) is 44.9 Å². The van der Waals surface area contributed by atoms with Crippen molar-refractivity contribution in [3.8, 4) is 5.88 Å². The van der Waals surface area contributed by atoms with Crippen LogP contribution in [0, 0.1) is 0 Å². The summed E-state index contributed by atoms with van der Waals surface area (Å²) in [7, 11) is 3.38. The molecule has 23 heavy (non-hydrogen) atoms. The molecule has 2 N–H and O–H groups in total. The number of aromatic nitrogens is 1. The summed E-state index contributed by atoms with van der Waals surface area (Å²) in [6.45, 7) is 1.43. The number of hydrogen-bond donors (Lipinski definition) is 2. The molecule has 0 fully saturated rings. The molecule has 124 valence electrons. The van der Waals surface area contributed by atoms with E-state index in [1.807, 2.05) is 24.3 Å². The average molecular weight is 426 g/mol. The van der Waals surface area contributed by atoms with Gasteiger partial charge in [-0.05, 0) is 18.1 Å². The zero-order valence-electron chi connectivity index (χ0n) is 13.5. The molecule has 0 unspecified atom stereocenters. The number of benzene rings is 1. The van der Waals surface area contributed by atoms with Gasteiger partial charge < -0.3 is 15.4 Å². The third-order valence-corrected chi connectivity index (χ3v) is 3.20. The minimum Gasteiger partial charge on any atom is -0.481 e. The molecule has 0 aliphatic rings. The minimum absolute atomic E-state index is 0. The van der Waals surface area contributed by atoms with Crippen LogP contribution in [0.3, 0.4) is 0 Å². The maximum absolute atomic E-state index is 5.12. The number of hydrogen-bond acceptors (Lipinski definition) is 3. The number of halogens is 1. The van der Waals surface area contributed by atoms with Crippen LogP contribution >= 0.6 is 24.0 Å². The molecule has 0 atom stereocenters. The van der Waals surface area contributed by atoms with Crippen LogP contribution in [-0.4, -0.2) is 31.6 Å². The molecule has 1 aromatic carbocycles. The summed E-state index contributed by atoms with van der Waals surface area (Å²) in [5, 5.41) is 6.54. The SMILES string of the molecule is CN=C(NCCc1ccccc1)NCc1cccc(OC)n1.I. The lowest BCUT2D eigenvalue weighted by Gasteiger charge is -2.12. The Hall–Kier alpha value is -1.83. The highest BCUT2D eigenvalue weighted by Gasteiger charge is 2.01. The maximum atomic E-state index is 5.12. The third kappa shape index (κ3) is 6.85. The average Bonchev–Trinajstić information content (AvgIpc) is 2.59. The molecule has 5 nitrogen and oxygen atoms in total. The van der Waals surface area contributed by atoms with Crippen molar-refractivity contribution in [3.05, 3.63) is 59.8 Å². The van der Waals surface area contributed by atoms with Gasteiger partial charge in [-0.3, -0.25) is 4.99 Å². The Bertz CT molecular complexity index is 605. The van der Waals surface area contributed by atoms with E-state index in [1.54, 1.807) is 14.2 Å². The minimum atomic E-state index is 0. The summed E-state index contributed by atoms with van der Waals surface area (Å²) in [6, 6.07) is 16.1. The number of guanidine groups is 1. The fourth-order valence-electron chi connectivity index (χ4n) is 2.03. The lowest BCUT2D eigenvalue weighted by atomic mass is 10.1. The lowest BCUT2D eigenvalue weighted by molar-refractivity contribution is 0.396. The van der Waals surface area contributed by atoms with Crippen LogP contribution in [0.25, 0.3) is 0 Å². The lowest BCUT2D eigenvalue weighted by Crippen LogP contribution is -2.38. The summed E-state index contributed by atoms with van der Waals surface area (Å²) < 4.78 is 5.12. The zero-order chi connectivity index (χ0) is 15.6. The van der Waals surface area contributed by atoms with Crippen molar-refractivity contribution in [2.24, 2.45) is 4.99 Å². The van der Waals surface area contributed by atoms with E-state index in [0.717, 1.165) is 24.6 Å². The summed E-state index contributed by atoms with van der Waals surface area (Å²) in [5.41, 5.74) is 2.21. The Morgan fingerprint density at radius 2 is 1.87 bits per heavy atom. The second-order valence-electron chi connectivity index (χ2n) is 4.76. The Balaban J connectivity index is 0.00000264. The van der Waals surface area contributed by atoms with Crippen molar-refractivity contribution < 1.29 is 4.74 Å². The van der Waals surface area contributed by atoms with Crippen molar-refractivity contribution in [3.63, 3.8) is 0 Å². The molecule has 2 rings (SSSR count). The Morgan fingerprint density at radius 1 is 1.09 bits per heavy atom. The smallest absolute Gasteiger partial charge is 0.213 e. The highest BCUT2D eigenvalue weighted by atomic mass is 127. The van der Waals surface area contributed by atoms with E-state index in [4.69, 9.17) is 4.74 Å². The van der Waals surface area contributed by atoms with Gasteiger partial charge in [0.25, 0.3) is 0 Å². The molecule has 0 amide bonds. The molecule has 0 bridgehead atoms. The topological polar surface area (TPSA) is 58.5 Å². The fourth-order valence-corrected chi connectivity index (χ4v) is 2.03. The quantitative estimate of drug-likeness (QED) is 0.424. The fraction of sp³-hybridized carbons (Fsp3) is 0.294. The number of nitrogens with one attached hydrogen (secondary N) is 2. The number of nitrogens with zero attached hydrogens (tertiary/aromatic N) is 2. The molecular formula is C17H23IN4O. The third-order valence-electron chi connectivity index (χ3n) is 3.20. The first-order chi connectivity index (χ1) is 10.8. The standard InChI is InChI=1S/C17H22N4O.HI/c1-18-17(19-12-11-14-7-4-3-5-8-14)20-13-15-9-6-10-16(21-15)22-2;/h3-10H,11-13H2,1-2H3,(H2,18,19,20);1H. The molecule has 0 radical (unpaired) electrons. The van der Waals surface area contributed by atoms with Gasteiger partial charge in [0.15, 0.2) is 5.96 Å². The van der Waals surface area contributed by atoms with Crippen molar-refractivity contribution in [1.82, 2.24) is 15.6 Å². The maximum Gasteiger partial charge on any atom is 0.213 e. The van der Waals surface area contributed by atoms with Gasteiger partial charge in [0.1, 0.15) is 0 Å². The first-order valence-electron chi connectivity index (χ1n) is 7.30. The molecule has 1 heterocycles. The van der Waals surface area contributed by atoms with Gasteiger partial charge in [-0.2, -0.15) is 0 Å². The number of methoxy groups -OCH3 is 1. The molecule has 0 saturated carbocycles. The van der Waals surface area contributed by atoms with Gasteiger partial charge in [0, 0.05) is 19.7 Å². The first kappa shape index (κ1) is 19.2. The number of ether oxygens (including phenoxy) is 1. The molecule has 6 heteroatoms. The van der Waals surface area contributed by atoms with Crippen LogP contribution in [-0.2, 0) is 13.0 Å². The second-order valence-corrected chi connectivity index (χ2v) is 4.76. The van der Waals surface area contributed by atoms with E-state index in [9.17, 15) is 0 Å². The van der Waals surface area contributed by atoms with Gasteiger partial charge in [0.05, 0.1) is 19.3 Å². The predicted molar refractivity (Wildman–Crippen MR) is 105 cm³/mol. The summed E-state index contributed by atoms with van der Waals surface area (Å²) in [5.74, 6) is 1.38. The normalized spacial score (nSPS) is 10.6. The van der Waals surface area contributed by atoms with Gasteiger partial charge in [-0.25, -0.2) is 4.98 Å². The van der Waals surface area contributed by atoms with E-state index in [-0.39, 0.29) is 24.0 Å². The molecule has 2 aromatic rings. The second kappa shape index (κ2) is 10.8. The van der Waals surface area contributed by atoms with Crippen LogP contribution in [0.4, 0.5) is 0 Å². The molecule has 1 aromatic heterocycles. The highest BCUT2D eigenvalue weighted by Crippen LogP contribution is 2.06. The first-order valence-corrected chi connectivity index (χ1v) is 7.30. The van der Waals surface area contributed by atoms with Crippen LogP contribution in [0.5, 0.6) is 5.88 Å². The van der Waals surface area contributed by atoms with Crippen molar-refractivity contribution in [2.45, 2.75) is 13.0 Å². The van der Waals surface area contributed by atoms with Gasteiger partial charge in [0.2, 0.25) is 5.88 Å². The molecule has 0 spiro atoms. The summed E-state index contributed by atoms with van der Waals surface area (Å²) >= 11 is 0. The van der Waals surface area contributed by atoms with Crippen molar-refractivity contribution in [2.75, 3.05) is 20.7 Å². The van der Waals surface area contributed by atoms with E-state index < -0.39 is 0 Å². The Morgan fingerprint density at radius 3 is 2.57 bits per heavy atom. The van der Waals surface area contributed by atoms with E-state index in [0.29, 0.717) is 12.4 Å². The van der Waals surface area contributed by atoms with E-state index >= 15 is 0 Å². The van der Waals surface area contributed by atoms with Crippen LogP contribution in [0.15, 0.2) is 53.5 Å². The number of rotatable bonds is 6. The zero-order valence-corrected chi connectivity index (χ0v) is 15.8. The highest BCUT2D eigenvalue weighted by molar-refractivity contribution is 14.0. The number of pyridine rings is 1.